The van der Waals surface area contributed by atoms with E-state index in [-0.39, 0.29) is 17.0 Å². The van der Waals surface area contributed by atoms with Gasteiger partial charge in [0.25, 0.3) is 0 Å². The molecule has 0 aliphatic carbocycles. The molecule has 1 aromatic heterocycles. The minimum absolute atomic E-state index is 0.100. The Balaban J connectivity index is 1.46. The number of hydrogen-bond acceptors (Lipinski definition) is 6. The van der Waals surface area contributed by atoms with Gasteiger partial charge in [-0.15, -0.1) is 0 Å². The zero-order valence-corrected chi connectivity index (χ0v) is 14.8. The molecule has 1 aliphatic heterocycles. The van der Waals surface area contributed by atoms with E-state index >= 15 is 0 Å². The smallest absolute Gasteiger partial charge is 0.325 e. The fourth-order valence-electron chi connectivity index (χ4n) is 2.06. The number of alkyl halides is 3. The van der Waals surface area contributed by atoms with Gasteiger partial charge >= 0.3 is 6.18 Å². The zero-order valence-electron chi connectivity index (χ0n) is 13.2. The fourth-order valence-corrected chi connectivity index (χ4v) is 3.91. The van der Waals surface area contributed by atoms with Gasteiger partial charge in [0.2, 0.25) is 5.91 Å². The molecule has 1 aliphatic rings. The number of anilines is 1. The van der Waals surface area contributed by atoms with E-state index in [2.05, 4.69) is 20.8 Å². The number of halogens is 3. The molecule has 10 heteroatoms. The standard InChI is InChI=1S/C16H13F3N4OS2/c17-16(18,19)10-4-6-11(7-5-10)21-13(24)9-25-15-23-22-14(26-15)12-3-1-2-8-20-12/h1-8,14,22H,9H2,(H,21,24)/t14-/m1/s1. The number of amides is 1. The molecular weight excluding hydrogens is 385 g/mol. The Kier molecular flexibility index (Phi) is 5.72. The third-order valence-electron chi connectivity index (χ3n) is 3.27. The van der Waals surface area contributed by atoms with E-state index in [1.807, 2.05) is 18.2 Å². The van der Waals surface area contributed by atoms with Crippen LogP contribution in [0.3, 0.4) is 0 Å². The van der Waals surface area contributed by atoms with Crippen molar-refractivity contribution in [2.45, 2.75) is 11.6 Å². The fraction of sp³-hybridized carbons (Fsp3) is 0.188. The molecule has 2 heterocycles. The molecule has 1 aromatic carbocycles. The summed E-state index contributed by atoms with van der Waals surface area (Å²) >= 11 is 2.70. The van der Waals surface area contributed by atoms with Crippen molar-refractivity contribution in [2.24, 2.45) is 5.10 Å². The number of pyridine rings is 1. The number of hydrogen-bond donors (Lipinski definition) is 2. The summed E-state index contributed by atoms with van der Waals surface area (Å²) < 4.78 is 38.2. The first-order valence-electron chi connectivity index (χ1n) is 7.42. The molecule has 0 bridgehead atoms. The van der Waals surface area contributed by atoms with Crippen LogP contribution in [0.25, 0.3) is 0 Å². The molecule has 0 saturated heterocycles. The number of thioether (sulfide) groups is 2. The molecule has 5 nitrogen and oxygen atoms in total. The number of hydrazone groups is 1. The van der Waals surface area contributed by atoms with Gasteiger partial charge in [-0.05, 0) is 36.4 Å². The zero-order chi connectivity index (χ0) is 18.6. The lowest BCUT2D eigenvalue weighted by Crippen LogP contribution is -2.15. The van der Waals surface area contributed by atoms with Crippen LogP contribution in [-0.2, 0) is 11.0 Å². The largest absolute Gasteiger partial charge is 0.416 e. The summed E-state index contributed by atoms with van der Waals surface area (Å²) in [6.45, 7) is 0. The van der Waals surface area contributed by atoms with Crippen molar-refractivity contribution in [3.8, 4) is 0 Å². The summed E-state index contributed by atoms with van der Waals surface area (Å²) in [6, 6.07) is 9.91. The maximum atomic E-state index is 12.5. The minimum Gasteiger partial charge on any atom is -0.325 e. The number of carbonyl (C=O) groups excluding carboxylic acids is 1. The quantitative estimate of drug-likeness (QED) is 0.813. The van der Waals surface area contributed by atoms with Gasteiger partial charge in [-0.2, -0.15) is 18.3 Å². The van der Waals surface area contributed by atoms with E-state index in [1.165, 1.54) is 35.7 Å². The molecule has 1 atom stereocenters. The van der Waals surface area contributed by atoms with E-state index in [1.54, 1.807) is 6.20 Å². The Morgan fingerprint density at radius 1 is 1.23 bits per heavy atom. The van der Waals surface area contributed by atoms with Crippen LogP contribution < -0.4 is 10.7 Å². The van der Waals surface area contributed by atoms with Crippen molar-refractivity contribution >= 4 is 39.5 Å². The maximum absolute atomic E-state index is 12.5. The van der Waals surface area contributed by atoms with Crippen LogP contribution in [0.5, 0.6) is 0 Å². The minimum atomic E-state index is -4.40. The number of nitrogens with zero attached hydrogens (tertiary/aromatic N) is 2. The van der Waals surface area contributed by atoms with E-state index in [0.717, 1.165) is 17.8 Å². The highest BCUT2D eigenvalue weighted by Gasteiger charge is 2.30. The van der Waals surface area contributed by atoms with E-state index in [4.69, 9.17) is 0 Å². The average molecular weight is 398 g/mol. The van der Waals surface area contributed by atoms with Gasteiger partial charge < -0.3 is 5.32 Å². The van der Waals surface area contributed by atoms with Crippen LogP contribution in [0.15, 0.2) is 53.8 Å². The number of nitrogens with one attached hydrogen (secondary N) is 2. The SMILES string of the molecule is O=C(CSC1=NN[C@@H](c2ccccn2)S1)Nc1ccc(C(F)(F)F)cc1. The molecule has 1 amide bonds. The maximum Gasteiger partial charge on any atom is 0.416 e. The lowest BCUT2D eigenvalue weighted by atomic mass is 10.2. The number of aromatic nitrogens is 1. The van der Waals surface area contributed by atoms with Crippen LogP contribution in [0.2, 0.25) is 0 Å². The van der Waals surface area contributed by atoms with Crippen molar-refractivity contribution in [3.63, 3.8) is 0 Å². The predicted molar refractivity (Wildman–Crippen MR) is 97.7 cm³/mol. The Bertz CT molecular complexity index is 797. The highest BCUT2D eigenvalue weighted by molar-refractivity contribution is 8.39. The van der Waals surface area contributed by atoms with Crippen LogP contribution in [0, 0.1) is 0 Å². The lowest BCUT2D eigenvalue weighted by Gasteiger charge is -2.09. The third-order valence-corrected chi connectivity index (χ3v) is 5.53. The van der Waals surface area contributed by atoms with E-state index in [9.17, 15) is 18.0 Å². The number of benzene rings is 1. The molecule has 0 fully saturated rings. The van der Waals surface area contributed by atoms with Crippen LogP contribution in [-0.4, -0.2) is 21.0 Å². The second-order valence-corrected chi connectivity index (χ2v) is 7.49. The normalized spacial score (nSPS) is 16.7. The van der Waals surface area contributed by atoms with Gasteiger partial charge in [-0.1, -0.05) is 29.6 Å². The molecule has 0 unspecified atom stereocenters. The molecule has 3 rings (SSSR count). The van der Waals surface area contributed by atoms with Crippen LogP contribution in [0.1, 0.15) is 16.6 Å². The first kappa shape index (κ1) is 18.6. The van der Waals surface area contributed by atoms with Gasteiger partial charge in [-0.3, -0.25) is 15.2 Å². The van der Waals surface area contributed by atoms with Crippen molar-refractivity contribution in [3.05, 3.63) is 59.9 Å². The van der Waals surface area contributed by atoms with Gasteiger partial charge in [0.15, 0.2) is 4.38 Å². The van der Waals surface area contributed by atoms with Gasteiger partial charge in [0, 0.05) is 11.9 Å². The summed E-state index contributed by atoms with van der Waals surface area (Å²) in [6.07, 6.45) is -2.70. The molecule has 0 radical (unpaired) electrons. The molecule has 2 aromatic rings. The monoisotopic (exact) mass is 398 g/mol. The third kappa shape index (κ3) is 4.92. The molecular formula is C16H13F3N4OS2. The summed E-state index contributed by atoms with van der Waals surface area (Å²) in [7, 11) is 0. The van der Waals surface area contributed by atoms with Crippen molar-refractivity contribution in [2.75, 3.05) is 11.1 Å². The second-order valence-electron chi connectivity index (χ2n) is 5.17. The first-order chi connectivity index (χ1) is 12.4. The average Bonchev–Trinajstić information content (AvgIpc) is 3.09. The second kappa shape index (κ2) is 8.00. The van der Waals surface area contributed by atoms with E-state index < -0.39 is 11.7 Å². The first-order valence-corrected chi connectivity index (χ1v) is 9.29. The Morgan fingerprint density at radius 3 is 2.65 bits per heavy atom. The summed E-state index contributed by atoms with van der Waals surface area (Å²) in [4.78, 5) is 16.2. The molecule has 136 valence electrons. The molecule has 26 heavy (non-hydrogen) atoms. The van der Waals surface area contributed by atoms with Crippen LogP contribution in [0.4, 0.5) is 18.9 Å². The molecule has 0 spiro atoms. The lowest BCUT2D eigenvalue weighted by molar-refractivity contribution is -0.137. The van der Waals surface area contributed by atoms with E-state index in [0.29, 0.717) is 10.1 Å². The number of rotatable bonds is 4. The van der Waals surface area contributed by atoms with Crippen molar-refractivity contribution in [1.82, 2.24) is 10.4 Å². The van der Waals surface area contributed by atoms with Crippen LogP contribution >= 0.6 is 23.5 Å². The highest BCUT2D eigenvalue weighted by atomic mass is 32.2. The number of carbonyl (C=O) groups is 1. The van der Waals surface area contributed by atoms with Gasteiger partial charge in [0.05, 0.1) is 17.0 Å². The van der Waals surface area contributed by atoms with Gasteiger partial charge in [0.1, 0.15) is 5.37 Å². The van der Waals surface area contributed by atoms with Crippen molar-refractivity contribution < 1.29 is 18.0 Å². The Morgan fingerprint density at radius 2 is 2.00 bits per heavy atom. The highest BCUT2D eigenvalue weighted by Crippen LogP contribution is 2.35. The summed E-state index contributed by atoms with van der Waals surface area (Å²) in [5.74, 6) is -0.219. The predicted octanol–water partition coefficient (Wildman–Crippen LogP) is 4.08. The van der Waals surface area contributed by atoms with Crippen molar-refractivity contribution in [1.29, 1.82) is 0 Å². The Hall–Kier alpha value is -2.20. The summed E-state index contributed by atoms with van der Waals surface area (Å²) in [5.41, 5.74) is 3.34. The molecule has 2 N–H and O–H groups in total. The Labute approximate surface area is 155 Å². The van der Waals surface area contributed by atoms with Gasteiger partial charge in [-0.25, -0.2) is 0 Å². The topological polar surface area (TPSA) is 66.4 Å². The summed E-state index contributed by atoms with van der Waals surface area (Å²) in [5, 5.41) is 6.62. The molecule has 0 saturated carbocycles.